The molecule has 206 valence electrons. The van der Waals surface area contributed by atoms with Crippen LogP contribution in [0.25, 0.3) is 11.0 Å². The summed E-state index contributed by atoms with van der Waals surface area (Å²) in [5.74, 6) is 0.492. The topological polar surface area (TPSA) is 78.0 Å². The van der Waals surface area contributed by atoms with Gasteiger partial charge in [0.1, 0.15) is 17.3 Å². The maximum absolute atomic E-state index is 13.5. The summed E-state index contributed by atoms with van der Waals surface area (Å²) in [4.78, 5) is 26.4. The highest BCUT2D eigenvalue weighted by atomic mass is 19.4. The average molecular weight is 539 g/mol. The van der Waals surface area contributed by atoms with E-state index in [1.54, 1.807) is 25.2 Å². The molecule has 3 aromatic rings. The second-order valence-electron chi connectivity index (χ2n) is 10.6. The summed E-state index contributed by atoms with van der Waals surface area (Å²) >= 11 is 0. The molecule has 3 atom stereocenters. The van der Waals surface area contributed by atoms with Crippen LogP contribution >= 0.6 is 0 Å². The fourth-order valence-electron chi connectivity index (χ4n) is 6.27. The zero-order valence-electron chi connectivity index (χ0n) is 22.5. The van der Waals surface area contributed by atoms with Crippen molar-refractivity contribution in [2.75, 3.05) is 18.0 Å². The van der Waals surface area contributed by atoms with E-state index in [9.17, 15) is 23.2 Å². The Labute approximate surface area is 225 Å². The van der Waals surface area contributed by atoms with Crippen LogP contribution < -0.4 is 10.6 Å². The lowest BCUT2D eigenvalue weighted by Crippen LogP contribution is -2.59. The van der Waals surface area contributed by atoms with Crippen molar-refractivity contribution in [3.63, 3.8) is 0 Å². The molecule has 0 amide bonds. The molecule has 0 bridgehead atoms. The van der Waals surface area contributed by atoms with Gasteiger partial charge in [-0.2, -0.15) is 23.4 Å². The smallest absolute Gasteiger partial charge is 0.349 e. The van der Waals surface area contributed by atoms with Crippen LogP contribution in [-0.2, 0) is 19.6 Å². The number of nitrogens with zero attached hydrogens (tertiary/aromatic N) is 6. The number of rotatable bonds is 4. The Morgan fingerprint density at radius 1 is 1.05 bits per heavy atom. The number of nitriles is 1. The van der Waals surface area contributed by atoms with Crippen molar-refractivity contribution < 1.29 is 13.2 Å². The second-order valence-corrected chi connectivity index (χ2v) is 10.6. The van der Waals surface area contributed by atoms with Gasteiger partial charge in [0, 0.05) is 38.3 Å². The lowest BCUT2D eigenvalue weighted by molar-refractivity contribution is -0.137. The average Bonchev–Trinajstić information content (AvgIpc) is 3.15. The number of pyridine rings is 1. The molecule has 39 heavy (non-hydrogen) atoms. The number of alkyl halides is 3. The third-order valence-electron chi connectivity index (χ3n) is 8.41. The summed E-state index contributed by atoms with van der Waals surface area (Å²) in [6, 6.07) is 9.83. The molecule has 1 aliphatic carbocycles. The molecular formula is C29H33F3N6O. The van der Waals surface area contributed by atoms with E-state index in [4.69, 9.17) is 0 Å². The van der Waals surface area contributed by atoms with Gasteiger partial charge in [-0.1, -0.05) is 26.3 Å². The van der Waals surface area contributed by atoms with E-state index in [1.807, 2.05) is 0 Å². The van der Waals surface area contributed by atoms with Crippen LogP contribution in [0.4, 0.5) is 19.0 Å². The fourth-order valence-corrected chi connectivity index (χ4v) is 6.27. The van der Waals surface area contributed by atoms with E-state index < -0.39 is 11.7 Å². The Morgan fingerprint density at radius 2 is 1.82 bits per heavy atom. The third-order valence-corrected chi connectivity index (χ3v) is 8.41. The van der Waals surface area contributed by atoms with Gasteiger partial charge in [-0.3, -0.25) is 9.47 Å². The summed E-state index contributed by atoms with van der Waals surface area (Å²) in [6.45, 7) is 5.51. The van der Waals surface area contributed by atoms with Crippen LogP contribution in [0, 0.1) is 11.3 Å². The van der Waals surface area contributed by atoms with Crippen LogP contribution in [0.5, 0.6) is 0 Å². The van der Waals surface area contributed by atoms with Gasteiger partial charge in [0.25, 0.3) is 0 Å². The minimum absolute atomic E-state index is 0.0179. The zero-order valence-corrected chi connectivity index (χ0v) is 22.5. The fraction of sp³-hybridized carbons (Fsp3) is 0.517. The van der Waals surface area contributed by atoms with E-state index in [1.165, 1.54) is 16.7 Å². The molecule has 1 unspecified atom stereocenters. The summed E-state index contributed by atoms with van der Waals surface area (Å²) in [5, 5.41) is 9.46. The van der Waals surface area contributed by atoms with Gasteiger partial charge in [0.15, 0.2) is 5.82 Å². The normalized spacial score (nSPS) is 22.4. The van der Waals surface area contributed by atoms with E-state index in [-0.39, 0.29) is 29.5 Å². The summed E-state index contributed by atoms with van der Waals surface area (Å²) < 4.78 is 41.9. The summed E-state index contributed by atoms with van der Waals surface area (Å²) in [7, 11) is 1.65. The highest BCUT2D eigenvalue weighted by molar-refractivity contribution is 5.86. The largest absolute Gasteiger partial charge is 0.416 e. The van der Waals surface area contributed by atoms with Crippen LogP contribution in [0.15, 0.2) is 35.1 Å². The first kappa shape index (κ1) is 27.1. The Morgan fingerprint density at radius 3 is 2.51 bits per heavy atom. The van der Waals surface area contributed by atoms with Gasteiger partial charge in [-0.15, -0.1) is 0 Å². The van der Waals surface area contributed by atoms with Crippen molar-refractivity contribution in [1.29, 1.82) is 5.26 Å². The first-order chi connectivity index (χ1) is 18.7. The number of hydrogen-bond donors (Lipinski definition) is 0. The second kappa shape index (κ2) is 10.6. The van der Waals surface area contributed by atoms with Crippen molar-refractivity contribution in [3.8, 4) is 6.07 Å². The first-order valence-corrected chi connectivity index (χ1v) is 13.7. The van der Waals surface area contributed by atoms with Gasteiger partial charge in [0.2, 0.25) is 0 Å². The lowest BCUT2D eigenvalue weighted by atomic mass is 9.91. The molecule has 1 saturated heterocycles. The minimum atomic E-state index is -4.36. The van der Waals surface area contributed by atoms with Crippen molar-refractivity contribution in [1.82, 2.24) is 19.4 Å². The van der Waals surface area contributed by atoms with Crippen LogP contribution in [0.2, 0.25) is 0 Å². The standard InChI is InChI=1S/C29H33F3N6O/c1-4-21-17-38(27-26-25(36(3)28(39)35-27)13-11-20(15-33)34-26)22(5-2)16-37(21)24-9-7-6-8-18-14-19(29(30,31)32)10-12-23(18)24/h10-14,21-22,24H,4-9,16-17H2,1-3H3/t21-,22+,24?/m1/s1. The molecule has 5 rings (SSSR count). The van der Waals surface area contributed by atoms with Crippen LogP contribution in [0.3, 0.4) is 0 Å². The summed E-state index contributed by atoms with van der Waals surface area (Å²) in [6.07, 6.45) is 0.634. The van der Waals surface area contributed by atoms with E-state index in [0.29, 0.717) is 36.4 Å². The van der Waals surface area contributed by atoms with Crippen molar-refractivity contribution >= 4 is 16.9 Å². The predicted octanol–water partition coefficient (Wildman–Crippen LogP) is 5.37. The zero-order chi connectivity index (χ0) is 27.9. The number of fused-ring (bicyclic) bond motifs is 2. The predicted molar refractivity (Wildman–Crippen MR) is 143 cm³/mol. The minimum Gasteiger partial charge on any atom is -0.349 e. The molecule has 1 aromatic carbocycles. The van der Waals surface area contributed by atoms with E-state index >= 15 is 0 Å². The molecule has 1 aliphatic heterocycles. The number of hydrogen-bond acceptors (Lipinski definition) is 6. The molecule has 2 aromatic heterocycles. The molecule has 1 fully saturated rings. The molecular weight excluding hydrogens is 505 g/mol. The highest BCUT2D eigenvalue weighted by Crippen LogP contribution is 2.40. The number of benzene rings is 1. The quantitative estimate of drug-likeness (QED) is 0.416. The van der Waals surface area contributed by atoms with Crippen LogP contribution in [0.1, 0.15) is 74.4 Å². The Balaban J connectivity index is 1.55. The molecule has 7 nitrogen and oxygen atoms in total. The molecule has 10 heteroatoms. The van der Waals surface area contributed by atoms with Gasteiger partial charge in [-0.25, -0.2) is 9.78 Å². The highest BCUT2D eigenvalue weighted by Gasteiger charge is 2.39. The maximum Gasteiger partial charge on any atom is 0.416 e. The maximum atomic E-state index is 13.5. The Kier molecular flexibility index (Phi) is 7.38. The van der Waals surface area contributed by atoms with Crippen molar-refractivity contribution in [3.05, 3.63) is 63.2 Å². The van der Waals surface area contributed by atoms with Gasteiger partial charge in [0.05, 0.1) is 11.1 Å². The van der Waals surface area contributed by atoms with Gasteiger partial charge in [-0.05, 0) is 67.5 Å². The van der Waals surface area contributed by atoms with Crippen molar-refractivity contribution in [2.24, 2.45) is 7.05 Å². The number of aromatic nitrogens is 3. The third kappa shape index (κ3) is 5.00. The first-order valence-electron chi connectivity index (χ1n) is 13.7. The number of piperazine rings is 1. The number of halogens is 3. The number of aryl methyl sites for hydroxylation is 2. The Bertz CT molecular complexity index is 1480. The van der Waals surface area contributed by atoms with Crippen LogP contribution in [-0.4, -0.2) is 44.6 Å². The SMILES string of the molecule is CC[C@H]1CN(C2CCCCc3cc(C(F)(F)F)ccc32)[C@H](CC)CN1c1nc(=O)n(C)c2ccc(C#N)nc12. The molecule has 0 radical (unpaired) electrons. The number of anilines is 1. The molecule has 0 spiro atoms. The van der Waals surface area contributed by atoms with Gasteiger partial charge < -0.3 is 4.90 Å². The van der Waals surface area contributed by atoms with Gasteiger partial charge >= 0.3 is 11.9 Å². The van der Waals surface area contributed by atoms with E-state index in [0.717, 1.165) is 43.2 Å². The molecule has 3 heterocycles. The Hall–Kier alpha value is -3.45. The summed E-state index contributed by atoms with van der Waals surface area (Å²) in [5.41, 5.74) is 2.23. The van der Waals surface area contributed by atoms with Crippen molar-refractivity contribution in [2.45, 2.75) is 76.7 Å². The lowest BCUT2D eigenvalue weighted by Gasteiger charge is -2.50. The molecule has 0 N–H and O–H groups in total. The molecule has 0 saturated carbocycles. The molecule has 2 aliphatic rings. The van der Waals surface area contributed by atoms with E-state index in [2.05, 4.69) is 39.7 Å². The monoisotopic (exact) mass is 538 g/mol.